The summed E-state index contributed by atoms with van der Waals surface area (Å²) in [5.74, 6) is 0.803. The van der Waals surface area contributed by atoms with Gasteiger partial charge in [0, 0.05) is 13.6 Å². The first kappa shape index (κ1) is 13.5. The van der Waals surface area contributed by atoms with Crippen LogP contribution in [-0.4, -0.2) is 31.3 Å². The Kier molecular flexibility index (Phi) is 4.04. The molecule has 0 aromatic carbocycles. The lowest BCUT2D eigenvalue weighted by atomic mass is 9.97. The van der Waals surface area contributed by atoms with Gasteiger partial charge in [-0.1, -0.05) is 6.42 Å². The second-order valence-electron chi connectivity index (χ2n) is 4.83. The minimum Gasteiger partial charge on any atom is -0.330 e. The van der Waals surface area contributed by atoms with Gasteiger partial charge in [0.1, 0.15) is 0 Å². The second kappa shape index (κ2) is 5.38. The van der Waals surface area contributed by atoms with E-state index in [1.807, 2.05) is 0 Å². The van der Waals surface area contributed by atoms with Crippen molar-refractivity contribution < 1.29 is 8.42 Å². The number of aryl methyl sites for hydroxylation is 1. The number of sulfonamides is 1. The molecular weight excluding hydrogens is 252 g/mol. The standard InChI is InChI=1S/C11H20N4O2S/c1-15-11(5-6-13-15)18(16,17)14-8-10-4-2-3-9(10)7-12/h5-6,9-10,14H,2-4,7-8,12H2,1H3. The van der Waals surface area contributed by atoms with Crippen LogP contribution in [0.5, 0.6) is 0 Å². The van der Waals surface area contributed by atoms with Gasteiger partial charge in [-0.05, 0) is 37.3 Å². The van der Waals surface area contributed by atoms with Crippen LogP contribution in [0.4, 0.5) is 0 Å². The van der Waals surface area contributed by atoms with Gasteiger partial charge >= 0.3 is 0 Å². The molecule has 0 saturated heterocycles. The Bertz CT molecular complexity index is 497. The van der Waals surface area contributed by atoms with Gasteiger partial charge in [-0.25, -0.2) is 13.1 Å². The van der Waals surface area contributed by atoms with Crippen molar-refractivity contribution in [1.82, 2.24) is 14.5 Å². The monoisotopic (exact) mass is 272 g/mol. The van der Waals surface area contributed by atoms with Gasteiger partial charge in [0.25, 0.3) is 10.0 Å². The fourth-order valence-corrected chi connectivity index (χ4v) is 3.83. The Labute approximate surface area is 108 Å². The lowest BCUT2D eigenvalue weighted by molar-refractivity contribution is 0.392. The summed E-state index contributed by atoms with van der Waals surface area (Å²) in [6, 6.07) is 1.50. The van der Waals surface area contributed by atoms with Gasteiger partial charge < -0.3 is 5.73 Å². The van der Waals surface area contributed by atoms with Crippen molar-refractivity contribution in [1.29, 1.82) is 0 Å². The highest BCUT2D eigenvalue weighted by Crippen LogP contribution is 2.30. The molecule has 6 nitrogen and oxygen atoms in total. The van der Waals surface area contributed by atoms with Crippen molar-refractivity contribution in [2.45, 2.75) is 24.3 Å². The van der Waals surface area contributed by atoms with Crippen molar-refractivity contribution >= 4 is 10.0 Å². The molecule has 2 atom stereocenters. The van der Waals surface area contributed by atoms with Gasteiger partial charge in [0.2, 0.25) is 0 Å². The van der Waals surface area contributed by atoms with Crippen molar-refractivity contribution in [3.8, 4) is 0 Å². The predicted octanol–water partition coefficient (Wildman–Crippen LogP) is 0.0734. The van der Waals surface area contributed by atoms with Crippen LogP contribution in [0.2, 0.25) is 0 Å². The molecular formula is C11H20N4O2S. The molecule has 0 bridgehead atoms. The summed E-state index contributed by atoms with van der Waals surface area (Å²) in [6.45, 7) is 1.10. The highest BCUT2D eigenvalue weighted by molar-refractivity contribution is 7.89. The molecule has 18 heavy (non-hydrogen) atoms. The van der Waals surface area contributed by atoms with Crippen LogP contribution >= 0.6 is 0 Å². The van der Waals surface area contributed by atoms with Gasteiger partial charge in [0.05, 0.1) is 6.20 Å². The zero-order valence-corrected chi connectivity index (χ0v) is 11.4. The molecule has 0 radical (unpaired) electrons. The molecule has 1 fully saturated rings. The lowest BCUT2D eigenvalue weighted by Gasteiger charge is -2.18. The average Bonchev–Trinajstić information content (AvgIpc) is 2.94. The van der Waals surface area contributed by atoms with Crippen molar-refractivity contribution in [2.75, 3.05) is 13.1 Å². The number of hydrogen-bond donors (Lipinski definition) is 2. The summed E-state index contributed by atoms with van der Waals surface area (Å²) in [4.78, 5) is 0. The van der Waals surface area contributed by atoms with E-state index in [4.69, 9.17) is 5.73 Å². The van der Waals surface area contributed by atoms with E-state index in [2.05, 4.69) is 9.82 Å². The Morgan fingerprint density at radius 2 is 2.22 bits per heavy atom. The first-order valence-corrected chi connectivity index (χ1v) is 7.70. The molecule has 1 aromatic heterocycles. The van der Waals surface area contributed by atoms with Crippen LogP contribution in [0.1, 0.15) is 19.3 Å². The number of aromatic nitrogens is 2. The third-order valence-corrected chi connectivity index (χ3v) is 5.20. The van der Waals surface area contributed by atoms with E-state index in [1.165, 1.54) is 16.9 Å². The van der Waals surface area contributed by atoms with E-state index in [0.29, 0.717) is 24.9 Å². The molecule has 0 amide bonds. The Hall–Kier alpha value is -0.920. The molecule has 1 aliphatic rings. The van der Waals surface area contributed by atoms with E-state index in [0.717, 1.165) is 19.3 Å². The predicted molar refractivity (Wildman–Crippen MR) is 68.3 cm³/mol. The third kappa shape index (κ3) is 2.73. The van der Waals surface area contributed by atoms with Crippen molar-refractivity contribution in [3.05, 3.63) is 12.3 Å². The van der Waals surface area contributed by atoms with Crippen molar-refractivity contribution in [3.63, 3.8) is 0 Å². The van der Waals surface area contributed by atoms with Gasteiger partial charge in [-0.15, -0.1) is 0 Å². The number of rotatable bonds is 5. The van der Waals surface area contributed by atoms with Gasteiger partial charge in [0.15, 0.2) is 5.03 Å². The molecule has 3 N–H and O–H groups in total. The number of hydrogen-bond acceptors (Lipinski definition) is 4. The fraction of sp³-hybridized carbons (Fsp3) is 0.727. The molecule has 1 saturated carbocycles. The van der Waals surface area contributed by atoms with Gasteiger partial charge in [-0.2, -0.15) is 5.10 Å². The SMILES string of the molecule is Cn1nccc1S(=O)(=O)NCC1CCCC1CN. The molecule has 2 unspecified atom stereocenters. The van der Waals surface area contributed by atoms with E-state index >= 15 is 0 Å². The van der Waals surface area contributed by atoms with E-state index in [-0.39, 0.29) is 5.03 Å². The molecule has 1 heterocycles. The van der Waals surface area contributed by atoms with Gasteiger partial charge in [-0.3, -0.25) is 4.68 Å². The maximum absolute atomic E-state index is 12.1. The highest BCUT2D eigenvalue weighted by atomic mass is 32.2. The summed E-state index contributed by atoms with van der Waals surface area (Å²) in [6.07, 6.45) is 4.77. The third-order valence-electron chi connectivity index (χ3n) is 3.71. The molecule has 1 aliphatic carbocycles. The van der Waals surface area contributed by atoms with E-state index in [1.54, 1.807) is 7.05 Å². The molecule has 0 aliphatic heterocycles. The Morgan fingerprint density at radius 1 is 1.50 bits per heavy atom. The first-order chi connectivity index (χ1) is 8.54. The van der Waals surface area contributed by atoms with E-state index < -0.39 is 10.0 Å². The summed E-state index contributed by atoms with van der Waals surface area (Å²) < 4.78 is 28.1. The van der Waals surface area contributed by atoms with Crippen LogP contribution in [0.25, 0.3) is 0 Å². The average molecular weight is 272 g/mol. The van der Waals surface area contributed by atoms with Crippen LogP contribution in [0.3, 0.4) is 0 Å². The largest absolute Gasteiger partial charge is 0.330 e. The first-order valence-electron chi connectivity index (χ1n) is 6.22. The molecule has 2 rings (SSSR count). The zero-order valence-electron chi connectivity index (χ0n) is 10.5. The number of nitrogens with two attached hydrogens (primary N) is 1. The van der Waals surface area contributed by atoms with E-state index in [9.17, 15) is 8.42 Å². The quantitative estimate of drug-likeness (QED) is 0.794. The fourth-order valence-electron chi connectivity index (χ4n) is 2.61. The molecule has 102 valence electrons. The normalized spacial score (nSPS) is 24.6. The molecule has 0 spiro atoms. The molecule has 1 aromatic rings. The second-order valence-corrected chi connectivity index (χ2v) is 6.55. The highest BCUT2D eigenvalue weighted by Gasteiger charge is 2.28. The summed E-state index contributed by atoms with van der Waals surface area (Å²) in [5, 5.41) is 4.07. The Balaban J connectivity index is 2.00. The molecule has 7 heteroatoms. The van der Waals surface area contributed by atoms with Crippen LogP contribution in [0.15, 0.2) is 17.3 Å². The Morgan fingerprint density at radius 3 is 2.83 bits per heavy atom. The maximum atomic E-state index is 12.1. The zero-order chi connectivity index (χ0) is 13.2. The lowest BCUT2D eigenvalue weighted by Crippen LogP contribution is -2.33. The van der Waals surface area contributed by atoms with Crippen LogP contribution in [0, 0.1) is 11.8 Å². The topological polar surface area (TPSA) is 90.0 Å². The minimum atomic E-state index is -3.46. The van der Waals surface area contributed by atoms with Crippen molar-refractivity contribution in [2.24, 2.45) is 24.6 Å². The summed E-state index contributed by atoms with van der Waals surface area (Å²) in [5.41, 5.74) is 5.69. The van der Waals surface area contributed by atoms with Crippen LogP contribution < -0.4 is 10.5 Å². The minimum absolute atomic E-state index is 0.199. The maximum Gasteiger partial charge on any atom is 0.257 e. The number of nitrogens with one attached hydrogen (secondary N) is 1. The number of nitrogens with zero attached hydrogens (tertiary/aromatic N) is 2. The smallest absolute Gasteiger partial charge is 0.257 e. The van der Waals surface area contributed by atoms with Crippen LogP contribution in [-0.2, 0) is 17.1 Å². The summed E-state index contributed by atoms with van der Waals surface area (Å²) >= 11 is 0. The summed E-state index contributed by atoms with van der Waals surface area (Å²) in [7, 11) is -1.84.